The van der Waals surface area contributed by atoms with Crippen molar-refractivity contribution in [3.63, 3.8) is 0 Å². The summed E-state index contributed by atoms with van der Waals surface area (Å²) in [4.78, 5) is 14.4. The van der Waals surface area contributed by atoms with Crippen LogP contribution in [0, 0.1) is 11.8 Å². The van der Waals surface area contributed by atoms with Crippen molar-refractivity contribution in [2.24, 2.45) is 0 Å². The molecule has 7 heteroatoms. The average molecular weight is 395 g/mol. The normalized spacial score (nSPS) is 15.9. The van der Waals surface area contributed by atoms with E-state index in [2.05, 4.69) is 22.2 Å². The summed E-state index contributed by atoms with van der Waals surface area (Å²) in [5.74, 6) is 5.90. The largest absolute Gasteiger partial charge is 0.377 e. The third-order valence-corrected chi connectivity index (χ3v) is 5.15. The van der Waals surface area contributed by atoms with Gasteiger partial charge >= 0.3 is 0 Å². The fourth-order valence-electron chi connectivity index (χ4n) is 3.27. The molecule has 2 aromatic carbocycles. The number of hydrogen-bond acceptors (Lipinski definition) is 4. The van der Waals surface area contributed by atoms with Crippen molar-refractivity contribution < 1.29 is 9.90 Å². The SMILES string of the molecule is O=C(Cn1nnc2ccccc21)N1CCC(O)(C#Cc2cccc(Cl)c2)CC1. The van der Waals surface area contributed by atoms with E-state index in [1.165, 1.54) is 0 Å². The van der Waals surface area contributed by atoms with Crippen LogP contribution in [0.1, 0.15) is 18.4 Å². The summed E-state index contributed by atoms with van der Waals surface area (Å²) in [6.07, 6.45) is 0.814. The lowest BCUT2D eigenvalue weighted by atomic mass is 9.91. The number of piperidine rings is 1. The molecule has 0 saturated carbocycles. The monoisotopic (exact) mass is 394 g/mol. The minimum atomic E-state index is -1.10. The Balaban J connectivity index is 1.39. The topological polar surface area (TPSA) is 71.2 Å². The van der Waals surface area contributed by atoms with E-state index in [9.17, 15) is 9.90 Å². The molecule has 0 unspecified atom stereocenters. The minimum absolute atomic E-state index is 0.0412. The van der Waals surface area contributed by atoms with Gasteiger partial charge in [0, 0.05) is 36.5 Å². The molecule has 0 spiro atoms. The highest BCUT2D eigenvalue weighted by Crippen LogP contribution is 2.22. The van der Waals surface area contributed by atoms with E-state index in [1.54, 1.807) is 21.7 Å². The van der Waals surface area contributed by atoms with Crippen molar-refractivity contribution in [3.05, 3.63) is 59.1 Å². The molecule has 28 heavy (non-hydrogen) atoms. The van der Waals surface area contributed by atoms with Gasteiger partial charge in [0.15, 0.2) is 0 Å². The van der Waals surface area contributed by atoms with E-state index < -0.39 is 5.60 Å². The zero-order valence-corrected chi connectivity index (χ0v) is 15.9. The van der Waals surface area contributed by atoms with Crippen LogP contribution in [-0.2, 0) is 11.3 Å². The standard InChI is InChI=1S/C21H19ClN4O2/c22-17-5-3-4-16(14-17)8-9-21(28)10-12-25(13-11-21)20(27)15-26-19-7-2-1-6-18(19)23-24-26/h1-7,14,28H,10-13,15H2. The molecule has 0 atom stereocenters. The first kappa shape index (κ1) is 18.5. The Hall–Kier alpha value is -2.88. The van der Waals surface area contributed by atoms with Gasteiger partial charge in [-0.05, 0) is 30.3 Å². The van der Waals surface area contributed by atoms with E-state index in [-0.39, 0.29) is 12.5 Å². The number of likely N-dealkylation sites (tertiary alicyclic amines) is 1. The van der Waals surface area contributed by atoms with Crippen LogP contribution in [-0.4, -0.2) is 49.6 Å². The number of rotatable bonds is 2. The minimum Gasteiger partial charge on any atom is -0.377 e. The fraction of sp³-hybridized carbons (Fsp3) is 0.286. The van der Waals surface area contributed by atoms with Crippen molar-refractivity contribution in [2.75, 3.05) is 13.1 Å². The molecule has 1 aliphatic heterocycles. The number of carbonyl (C=O) groups is 1. The van der Waals surface area contributed by atoms with Crippen molar-refractivity contribution >= 4 is 28.5 Å². The van der Waals surface area contributed by atoms with E-state index >= 15 is 0 Å². The number of aliphatic hydroxyl groups is 1. The molecule has 0 radical (unpaired) electrons. The van der Waals surface area contributed by atoms with Gasteiger partial charge in [0.2, 0.25) is 5.91 Å². The second kappa shape index (κ2) is 7.63. The first-order valence-electron chi connectivity index (χ1n) is 9.10. The molecule has 1 aliphatic rings. The quantitative estimate of drug-likeness (QED) is 0.678. The van der Waals surface area contributed by atoms with Crippen molar-refractivity contribution in [3.8, 4) is 11.8 Å². The van der Waals surface area contributed by atoms with Crippen LogP contribution in [0.15, 0.2) is 48.5 Å². The molecule has 1 fully saturated rings. The lowest BCUT2D eigenvalue weighted by Gasteiger charge is -2.35. The first-order valence-corrected chi connectivity index (χ1v) is 9.47. The highest BCUT2D eigenvalue weighted by molar-refractivity contribution is 6.30. The van der Waals surface area contributed by atoms with Gasteiger partial charge in [-0.2, -0.15) is 0 Å². The molecule has 0 bridgehead atoms. The Morgan fingerprint density at radius 1 is 1.18 bits per heavy atom. The molecule has 142 valence electrons. The van der Waals surface area contributed by atoms with Gasteiger partial charge < -0.3 is 10.0 Å². The third kappa shape index (κ3) is 4.01. The first-order chi connectivity index (χ1) is 13.5. The Bertz CT molecular complexity index is 1070. The molecule has 3 aromatic rings. The van der Waals surface area contributed by atoms with Crippen LogP contribution in [0.3, 0.4) is 0 Å². The molecule has 2 heterocycles. The van der Waals surface area contributed by atoms with Crippen LogP contribution in [0.5, 0.6) is 0 Å². The number of halogens is 1. The Morgan fingerprint density at radius 2 is 1.96 bits per heavy atom. The van der Waals surface area contributed by atoms with Gasteiger partial charge in [-0.25, -0.2) is 4.68 Å². The number of fused-ring (bicyclic) bond motifs is 1. The lowest BCUT2D eigenvalue weighted by molar-refractivity contribution is -0.134. The molecule has 6 nitrogen and oxygen atoms in total. The van der Waals surface area contributed by atoms with Gasteiger partial charge in [-0.1, -0.05) is 46.9 Å². The molecular weight excluding hydrogens is 376 g/mol. The summed E-state index contributed by atoms with van der Waals surface area (Å²) in [5, 5.41) is 19.5. The summed E-state index contributed by atoms with van der Waals surface area (Å²) in [7, 11) is 0. The van der Waals surface area contributed by atoms with Crippen LogP contribution >= 0.6 is 11.6 Å². The maximum absolute atomic E-state index is 12.6. The smallest absolute Gasteiger partial charge is 0.244 e. The molecule has 1 amide bonds. The number of hydrogen-bond donors (Lipinski definition) is 1. The second-order valence-electron chi connectivity index (χ2n) is 6.91. The molecule has 1 saturated heterocycles. The van der Waals surface area contributed by atoms with Gasteiger partial charge in [0.1, 0.15) is 17.7 Å². The van der Waals surface area contributed by atoms with Crippen LogP contribution in [0.2, 0.25) is 5.02 Å². The van der Waals surface area contributed by atoms with Crippen molar-refractivity contribution in [1.82, 2.24) is 19.9 Å². The summed E-state index contributed by atoms with van der Waals surface area (Å²) in [5.41, 5.74) is 1.26. The van der Waals surface area contributed by atoms with Crippen molar-refractivity contribution in [1.29, 1.82) is 0 Å². The third-order valence-electron chi connectivity index (χ3n) is 4.91. The fourth-order valence-corrected chi connectivity index (χ4v) is 3.46. The van der Waals surface area contributed by atoms with Crippen LogP contribution < -0.4 is 0 Å². The number of amides is 1. The molecule has 4 rings (SSSR count). The number of nitrogens with zero attached hydrogens (tertiary/aromatic N) is 4. The molecular formula is C21H19ClN4O2. The predicted octanol–water partition coefficient (Wildman–Crippen LogP) is 2.49. The molecule has 0 aliphatic carbocycles. The van der Waals surface area contributed by atoms with Gasteiger partial charge in [-0.3, -0.25) is 4.79 Å². The average Bonchev–Trinajstić information content (AvgIpc) is 3.10. The summed E-state index contributed by atoms with van der Waals surface area (Å²) < 4.78 is 1.61. The lowest BCUT2D eigenvalue weighted by Crippen LogP contribution is -2.47. The summed E-state index contributed by atoms with van der Waals surface area (Å²) in [6.45, 7) is 1.03. The molecule has 1 aromatic heterocycles. The zero-order chi connectivity index (χ0) is 19.6. The van der Waals surface area contributed by atoms with E-state index in [0.29, 0.717) is 31.0 Å². The maximum atomic E-state index is 12.6. The zero-order valence-electron chi connectivity index (χ0n) is 15.2. The molecule has 1 N–H and O–H groups in total. The van der Waals surface area contributed by atoms with Crippen LogP contribution in [0.4, 0.5) is 0 Å². The van der Waals surface area contributed by atoms with E-state index in [1.807, 2.05) is 36.4 Å². The maximum Gasteiger partial charge on any atom is 0.244 e. The van der Waals surface area contributed by atoms with Crippen LogP contribution in [0.25, 0.3) is 11.0 Å². The Morgan fingerprint density at radius 3 is 2.75 bits per heavy atom. The van der Waals surface area contributed by atoms with Gasteiger partial charge in [0.05, 0.1) is 5.52 Å². The Kier molecular flexibility index (Phi) is 5.03. The summed E-state index contributed by atoms with van der Waals surface area (Å²) in [6, 6.07) is 14.8. The van der Waals surface area contributed by atoms with E-state index in [4.69, 9.17) is 11.6 Å². The number of carbonyl (C=O) groups excluding carboxylic acids is 1. The Labute approximate surface area is 167 Å². The highest BCUT2D eigenvalue weighted by atomic mass is 35.5. The predicted molar refractivity (Wildman–Crippen MR) is 107 cm³/mol. The van der Waals surface area contributed by atoms with Gasteiger partial charge in [-0.15, -0.1) is 5.10 Å². The van der Waals surface area contributed by atoms with E-state index in [0.717, 1.165) is 16.6 Å². The number of aromatic nitrogens is 3. The number of benzene rings is 2. The highest BCUT2D eigenvalue weighted by Gasteiger charge is 2.32. The van der Waals surface area contributed by atoms with Crippen molar-refractivity contribution in [2.45, 2.75) is 25.0 Å². The van der Waals surface area contributed by atoms with Gasteiger partial charge in [0.25, 0.3) is 0 Å². The number of para-hydroxylation sites is 1. The second-order valence-corrected chi connectivity index (χ2v) is 7.34. The summed E-state index contributed by atoms with van der Waals surface area (Å²) >= 11 is 5.96.